The molecule has 0 saturated carbocycles. The molecule has 104 valence electrons. The molecular formula is C17H19NO2. The Balaban J connectivity index is 2.01. The Hall–Kier alpha value is -2.29. The van der Waals surface area contributed by atoms with E-state index in [1.54, 1.807) is 12.1 Å². The lowest BCUT2D eigenvalue weighted by Crippen LogP contribution is -2.26. The van der Waals surface area contributed by atoms with Crippen LogP contribution in [0.2, 0.25) is 0 Å². The largest absolute Gasteiger partial charge is 0.494 e. The summed E-state index contributed by atoms with van der Waals surface area (Å²) in [5.74, 6) is 0.782. The van der Waals surface area contributed by atoms with E-state index in [0.29, 0.717) is 12.2 Å². The van der Waals surface area contributed by atoms with Gasteiger partial charge in [-0.2, -0.15) is 0 Å². The number of amides is 1. The standard InChI is InChI=1S/C17H19NO2/c1-3-20-16-11-9-14(10-12-16)13(2)18-17(19)15-7-5-4-6-8-15/h4-13H,3H2,1-2H3,(H,18,19). The van der Waals surface area contributed by atoms with Crippen molar-refractivity contribution in [2.75, 3.05) is 6.61 Å². The Kier molecular flexibility index (Phi) is 4.77. The molecule has 2 aromatic carbocycles. The Morgan fingerprint density at radius 2 is 1.75 bits per heavy atom. The fourth-order valence-electron chi connectivity index (χ4n) is 1.97. The zero-order valence-electron chi connectivity index (χ0n) is 11.8. The second-order valence-corrected chi connectivity index (χ2v) is 4.56. The molecule has 0 heterocycles. The first-order valence-corrected chi connectivity index (χ1v) is 6.79. The number of ether oxygens (including phenoxy) is 1. The Morgan fingerprint density at radius 3 is 2.35 bits per heavy atom. The van der Waals surface area contributed by atoms with Crippen molar-refractivity contribution in [1.82, 2.24) is 5.32 Å². The van der Waals surface area contributed by atoms with Crippen LogP contribution in [-0.4, -0.2) is 12.5 Å². The van der Waals surface area contributed by atoms with Gasteiger partial charge in [0.25, 0.3) is 5.91 Å². The van der Waals surface area contributed by atoms with Gasteiger partial charge in [0.05, 0.1) is 12.6 Å². The molecule has 2 rings (SSSR count). The van der Waals surface area contributed by atoms with Gasteiger partial charge in [-0.3, -0.25) is 4.79 Å². The summed E-state index contributed by atoms with van der Waals surface area (Å²) in [6, 6.07) is 17.0. The topological polar surface area (TPSA) is 38.3 Å². The quantitative estimate of drug-likeness (QED) is 0.901. The number of rotatable bonds is 5. The Bertz CT molecular complexity index is 549. The van der Waals surface area contributed by atoms with E-state index in [4.69, 9.17) is 4.74 Å². The number of hydrogen-bond donors (Lipinski definition) is 1. The van der Waals surface area contributed by atoms with Crippen LogP contribution in [0.1, 0.15) is 35.8 Å². The molecule has 3 heteroatoms. The van der Waals surface area contributed by atoms with Crippen LogP contribution < -0.4 is 10.1 Å². The van der Waals surface area contributed by atoms with Gasteiger partial charge in [0.15, 0.2) is 0 Å². The van der Waals surface area contributed by atoms with Gasteiger partial charge in [0.2, 0.25) is 0 Å². The van der Waals surface area contributed by atoms with Gasteiger partial charge in [0.1, 0.15) is 5.75 Å². The molecule has 0 radical (unpaired) electrons. The summed E-state index contributed by atoms with van der Waals surface area (Å²) < 4.78 is 5.40. The van der Waals surface area contributed by atoms with E-state index in [1.807, 2.05) is 56.3 Å². The molecule has 0 aliphatic rings. The lowest BCUT2D eigenvalue weighted by atomic mass is 10.1. The molecule has 20 heavy (non-hydrogen) atoms. The van der Waals surface area contributed by atoms with E-state index in [9.17, 15) is 4.79 Å². The van der Waals surface area contributed by atoms with E-state index < -0.39 is 0 Å². The minimum atomic E-state index is -0.0630. The van der Waals surface area contributed by atoms with Crippen molar-refractivity contribution in [3.05, 3.63) is 65.7 Å². The van der Waals surface area contributed by atoms with Gasteiger partial charge >= 0.3 is 0 Å². The second-order valence-electron chi connectivity index (χ2n) is 4.56. The van der Waals surface area contributed by atoms with E-state index >= 15 is 0 Å². The van der Waals surface area contributed by atoms with Gasteiger partial charge in [-0.25, -0.2) is 0 Å². The van der Waals surface area contributed by atoms with Crippen molar-refractivity contribution in [1.29, 1.82) is 0 Å². The van der Waals surface area contributed by atoms with Gasteiger partial charge in [0, 0.05) is 5.56 Å². The highest BCUT2D eigenvalue weighted by Crippen LogP contribution is 2.18. The van der Waals surface area contributed by atoms with E-state index in [2.05, 4.69) is 5.32 Å². The highest BCUT2D eigenvalue weighted by atomic mass is 16.5. The van der Waals surface area contributed by atoms with Crippen molar-refractivity contribution >= 4 is 5.91 Å². The average Bonchev–Trinajstić information content (AvgIpc) is 2.49. The third kappa shape index (κ3) is 3.60. The summed E-state index contributed by atoms with van der Waals surface area (Å²) in [5.41, 5.74) is 1.73. The summed E-state index contributed by atoms with van der Waals surface area (Å²) >= 11 is 0. The van der Waals surface area contributed by atoms with Crippen molar-refractivity contribution < 1.29 is 9.53 Å². The monoisotopic (exact) mass is 269 g/mol. The molecule has 0 fully saturated rings. The summed E-state index contributed by atoms with van der Waals surface area (Å²) in [4.78, 5) is 12.1. The zero-order valence-corrected chi connectivity index (χ0v) is 11.8. The van der Waals surface area contributed by atoms with Gasteiger partial charge < -0.3 is 10.1 Å². The minimum absolute atomic E-state index is 0.0432. The van der Waals surface area contributed by atoms with Crippen LogP contribution in [0.25, 0.3) is 0 Å². The highest BCUT2D eigenvalue weighted by molar-refractivity contribution is 5.94. The fourth-order valence-corrected chi connectivity index (χ4v) is 1.97. The number of hydrogen-bond acceptors (Lipinski definition) is 2. The van der Waals surface area contributed by atoms with Crippen LogP contribution in [0.5, 0.6) is 5.75 Å². The molecule has 3 nitrogen and oxygen atoms in total. The van der Waals surface area contributed by atoms with E-state index in [0.717, 1.165) is 11.3 Å². The third-order valence-corrected chi connectivity index (χ3v) is 3.07. The lowest BCUT2D eigenvalue weighted by molar-refractivity contribution is 0.0940. The Morgan fingerprint density at radius 1 is 1.10 bits per heavy atom. The third-order valence-electron chi connectivity index (χ3n) is 3.07. The van der Waals surface area contributed by atoms with Crippen molar-refractivity contribution in [2.45, 2.75) is 19.9 Å². The molecule has 0 bridgehead atoms. The molecule has 0 spiro atoms. The maximum atomic E-state index is 12.1. The van der Waals surface area contributed by atoms with E-state index in [1.165, 1.54) is 0 Å². The number of carbonyl (C=O) groups is 1. The summed E-state index contributed by atoms with van der Waals surface area (Å²) in [6.45, 7) is 4.58. The maximum absolute atomic E-state index is 12.1. The molecule has 0 aliphatic heterocycles. The first kappa shape index (κ1) is 14.1. The number of carbonyl (C=O) groups excluding carboxylic acids is 1. The first-order valence-electron chi connectivity index (χ1n) is 6.79. The van der Waals surface area contributed by atoms with Crippen molar-refractivity contribution in [3.8, 4) is 5.75 Å². The van der Waals surface area contributed by atoms with Gasteiger partial charge in [-0.15, -0.1) is 0 Å². The molecular weight excluding hydrogens is 250 g/mol. The SMILES string of the molecule is CCOc1ccc(C(C)NC(=O)c2ccccc2)cc1. The van der Waals surface area contributed by atoms with Crippen LogP contribution in [0, 0.1) is 0 Å². The second kappa shape index (κ2) is 6.75. The number of nitrogens with one attached hydrogen (secondary N) is 1. The number of benzene rings is 2. The summed E-state index contributed by atoms with van der Waals surface area (Å²) in [6.07, 6.45) is 0. The van der Waals surface area contributed by atoms with Crippen LogP contribution in [0.3, 0.4) is 0 Å². The maximum Gasteiger partial charge on any atom is 0.251 e. The van der Waals surface area contributed by atoms with Gasteiger partial charge in [-0.1, -0.05) is 30.3 Å². The molecule has 2 aromatic rings. The van der Waals surface area contributed by atoms with E-state index in [-0.39, 0.29) is 11.9 Å². The fraction of sp³-hybridized carbons (Fsp3) is 0.235. The summed E-state index contributed by atoms with van der Waals surface area (Å²) in [7, 11) is 0. The molecule has 1 N–H and O–H groups in total. The van der Waals surface area contributed by atoms with Crippen LogP contribution in [0.4, 0.5) is 0 Å². The normalized spacial score (nSPS) is 11.7. The predicted molar refractivity (Wildman–Crippen MR) is 79.9 cm³/mol. The lowest BCUT2D eigenvalue weighted by Gasteiger charge is -2.15. The average molecular weight is 269 g/mol. The van der Waals surface area contributed by atoms with Crippen molar-refractivity contribution in [2.24, 2.45) is 0 Å². The molecule has 0 aromatic heterocycles. The van der Waals surface area contributed by atoms with Crippen LogP contribution in [-0.2, 0) is 0 Å². The van der Waals surface area contributed by atoms with Crippen LogP contribution >= 0.6 is 0 Å². The predicted octanol–water partition coefficient (Wildman–Crippen LogP) is 3.58. The summed E-state index contributed by atoms with van der Waals surface area (Å²) in [5, 5.41) is 2.98. The zero-order chi connectivity index (χ0) is 14.4. The molecule has 0 saturated heterocycles. The molecule has 1 atom stereocenters. The van der Waals surface area contributed by atoms with Gasteiger partial charge in [-0.05, 0) is 43.7 Å². The minimum Gasteiger partial charge on any atom is -0.494 e. The smallest absolute Gasteiger partial charge is 0.251 e. The molecule has 0 aliphatic carbocycles. The highest BCUT2D eigenvalue weighted by Gasteiger charge is 2.10. The Labute approximate surface area is 119 Å². The van der Waals surface area contributed by atoms with Crippen LogP contribution in [0.15, 0.2) is 54.6 Å². The van der Waals surface area contributed by atoms with Crippen molar-refractivity contribution in [3.63, 3.8) is 0 Å². The molecule has 1 unspecified atom stereocenters. The first-order chi connectivity index (χ1) is 9.70. The molecule has 1 amide bonds.